The number of thioether (sulfide) groups is 1. The van der Waals surface area contributed by atoms with Gasteiger partial charge in [0.15, 0.2) is 4.34 Å². The highest BCUT2D eigenvalue weighted by atomic mass is 32.2. The van der Waals surface area contributed by atoms with Crippen LogP contribution in [0.4, 0.5) is 5.13 Å². The minimum atomic E-state index is -0.999. The molecule has 2 rings (SSSR count). The van der Waals surface area contributed by atoms with Crippen LogP contribution in [-0.4, -0.2) is 27.2 Å². The molecule has 1 heterocycles. The minimum Gasteiger partial charge on any atom is -0.481 e. The van der Waals surface area contributed by atoms with Gasteiger partial charge in [0.05, 0.1) is 6.42 Å². The van der Waals surface area contributed by atoms with Crippen LogP contribution in [0.15, 0.2) is 34.7 Å². The van der Waals surface area contributed by atoms with E-state index in [0.29, 0.717) is 5.13 Å². The molecule has 110 valence electrons. The third kappa shape index (κ3) is 5.52. The van der Waals surface area contributed by atoms with Gasteiger partial charge in [-0.1, -0.05) is 53.4 Å². The zero-order chi connectivity index (χ0) is 15.1. The maximum atomic E-state index is 11.5. The highest BCUT2D eigenvalue weighted by Gasteiger charge is 2.10. The summed E-state index contributed by atoms with van der Waals surface area (Å²) in [5, 5.41) is 19.3. The van der Waals surface area contributed by atoms with Gasteiger partial charge in [-0.05, 0) is 5.56 Å². The predicted octanol–water partition coefficient (Wildman–Crippen LogP) is 2.63. The van der Waals surface area contributed by atoms with Crippen LogP contribution in [0.2, 0.25) is 0 Å². The average Bonchev–Trinajstić information content (AvgIpc) is 2.91. The largest absolute Gasteiger partial charge is 0.481 e. The van der Waals surface area contributed by atoms with Gasteiger partial charge in [0.2, 0.25) is 11.0 Å². The first kappa shape index (κ1) is 15.5. The molecule has 0 spiro atoms. The summed E-state index contributed by atoms with van der Waals surface area (Å²) in [6, 6.07) is 9.98. The van der Waals surface area contributed by atoms with Crippen molar-refractivity contribution >= 4 is 40.1 Å². The fourth-order valence-electron chi connectivity index (χ4n) is 1.44. The lowest BCUT2D eigenvalue weighted by atomic mass is 10.2. The monoisotopic (exact) mass is 323 g/mol. The number of aromatic nitrogens is 2. The lowest BCUT2D eigenvalue weighted by molar-refractivity contribution is -0.138. The van der Waals surface area contributed by atoms with Gasteiger partial charge in [0.25, 0.3) is 0 Å². The molecule has 8 heteroatoms. The lowest BCUT2D eigenvalue weighted by Crippen LogP contribution is -2.12. The van der Waals surface area contributed by atoms with Crippen molar-refractivity contribution in [2.75, 3.05) is 5.32 Å². The van der Waals surface area contributed by atoms with E-state index in [1.807, 2.05) is 30.3 Å². The van der Waals surface area contributed by atoms with Crippen molar-refractivity contribution in [1.82, 2.24) is 10.2 Å². The van der Waals surface area contributed by atoms with Gasteiger partial charge in [-0.25, -0.2) is 0 Å². The van der Waals surface area contributed by atoms with Crippen molar-refractivity contribution in [3.8, 4) is 0 Å². The summed E-state index contributed by atoms with van der Waals surface area (Å²) in [5.41, 5.74) is 1.18. The molecule has 1 amide bonds. The van der Waals surface area contributed by atoms with Gasteiger partial charge in [0.1, 0.15) is 0 Å². The Balaban J connectivity index is 1.81. The summed E-state index contributed by atoms with van der Waals surface area (Å²) in [6.45, 7) is 0. The van der Waals surface area contributed by atoms with E-state index in [2.05, 4.69) is 15.5 Å². The minimum absolute atomic E-state index is 0.0681. The Bertz CT molecular complexity index is 616. The molecule has 0 aliphatic carbocycles. The molecule has 0 radical (unpaired) electrons. The third-order valence-electron chi connectivity index (χ3n) is 2.42. The van der Waals surface area contributed by atoms with E-state index in [-0.39, 0.29) is 18.7 Å². The van der Waals surface area contributed by atoms with E-state index in [1.165, 1.54) is 28.7 Å². The average molecular weight is 323 g/mol. The lowest BCUT2D eigenvalue weighted by Gasteiger charge is -1.98. The summed E-state index contributed by atoms with van der Waals surface area (Å²) in [7, 11) is 0. The highest BCUT2D eigenvalue weighted by molar-refractivity contribution is 8.00. The summed E-state index contributed by atoms with van der Waals surface area (Å²) in [5.74, 6) is -0.586. The molecule has 0 aliphatic heterocycles. The highest BCUT2D eigenvalue weighted by Crippen LogP contribution is 2.28. The van der Waals surface area contributed by atoms with E-state index >= 15 is 0 Å². The molecule has 1 aromatic carbocycles. The van der Waals surface area contributed by atoms with Crippen LogP contribution in [-0.2, 0) is 15.3 Å². The van der Waals surface area contributed by atoms with E-state index < -0.39 is 5.97 Å². The Morgan fingerprint density at radius 2 is 1.95 bits per heavy atom. The quantitative estimate of drug-likeness (QED) is 0.601. The molecule has 2 aromatic rings. The number of benzene rings is 1. The first-order chi connectivity index (χ1) is 10.1. The van der Waals surface area contributed by atoms with Gasteiger partial charge >= 0.3 is 5.97 Å². The van der Waals surface area contributed by atoms with Crippen LogP contribution in [0, 0.1) is 0 Å². The van der Waals surface area contributed by atoms with E-state index in [4.69, 9.17) is 5.11 Å². The molecule has 21 heavy (non-hydrogen) atoms. The number of carboxylic acids is 1. The number of carbonyl (C=O) groups excluding carboxylic acids is 1. The summed E-state index contributed by atoms with van der Waals surface area (Å²) in [4.78, 5) is 21.8. The molecule has 0 aliphatic rings. The normalized spacial score (nSPS) is 10.3. The molecule has 0 saturated carbocycles. The van der Waals surface area contributed by atoms with Gasteiger partial charge < -0.3 is 10.4 Å². The molecule has 1 aromatic heterocycles. The van der Waals surface area contributed by atoms with E-state index in [0.717, 1.165) is 10.1 Å². The van der Waals surface area contributed by atoms with Crippen molar-refractivity contribution in [3.63, 3.8) is 0 Å². The predicted molar refractivity (Wildman–Crippen MR) is 81.4 cm³/mol. The number of carbonyl (C=O) groups is 2. The van der Waals surface area contributed by atoms with Crippen molar-refractivity contribution in [2.45, 2.75) is 22.9 Å². The van der Waals surface area contributed by atoms with Gasteiger partial charge in [0, 0.05) is 12.2 Å². The number of nitrogens with zero attached hydrogens (tertiary/aromatic N) is 2. The number of amides is 1. The van der Waals surface area contributed by atoms with Gasteiger partial charge in [-0.3, -0.25) is 9.59 Å². The third-order valence-corrected chi connectivity index (χ3v) is 4.47. The Labute approximate surface area is 129 Å². The Morgan fingerprint density at radius 1 is 1.19 bits per heavy atom. The summed E-state index contributed by atoms with van der Waals surface area (Å²) in [6.07, 6.45) is -0.262. The van der Waals surface area contributed by atoms with Crippen LogP contribution >= 0.6 is 23.1 Å². The van der Waals surface area contributed by atoms with Crippen LogP contribution in [0.3, 0.4) is 0 Å². The number of hydrogen-bond acceptors (Lipinski definition) is 6. The molecule has 0 bridgehead atoms. The zero-order valence-electron chi connectivity index (χ0n) is 11.0. The smallest absolute Gasteiger partial charge is 0.303 e. The van der Waals surface area contributed by atoms with E-state index in [9.17, 15) is 9.59 Å². The number of carboxylic acid groups (broad SMARTS) is 1. The molecule has 0 atom stereocenters. The van der Waals surface area contributed by atoms with Crippen LogP contribution in [0.25, 0.3) is 0 Å². The molecule has 6 nitrogen and oxygen atoms in total. The Morgan fingerprint density at radius 3 is 2.67 bits per heavy atom. The standard InChI is InChI=1S/C13H13N3O3S2/c17-10(6-7-11(18)19)14-12-15-16-13(21-12)20-8-9-4-2-1-3-5-9/h1-5H,6-8H2,(H,18,19)(H,14,15,17). The summed E-state index contributed by atoms with van der Waals surface area (Å²) >= 11 is 2.82. The van der Waals surface area contributed by atoms with Crippen LogP contribution in [0.5, 0.6) is 0 Å². The fraction of sp³-hybridized carbons (Fsp3) is 0.231. The second-order valence-electron chi connectivity index (χ2n) is 4.09. The maximum absolute atomic E-state index is 11.5. The van der Waals surface area contributed by atoms with Crippen molar-refractivity contribution in [3.05, 3.63) is 35.9 Å². The zero-order valence-corrected chi connectivity index (χ0v) is 12.6. The first-order valence-corrected chi connectivity index (χ1v) is 7.95. The van der Waals surface area contributed by atoms with Crippen LogP contribution in [0.1, 0.15) is 18.4 Å². The number of nitrogens with one attached hydrogen (secondary N) is 1. The Kier molecular flexibility index (Phi) is 5.70. The molecule has 0 unspecified atom stereocenters. The van der Waals surface area contributed by atoms with Crippen molar-refractivity contribution in [1.29, 1.82) is 0 Å². The number of hydrogen-bond donors (Lipinski definition) is 2. The van der Waals surface area contributed by atoms with Crippen molar-refractivity contribution in [2.24, 2.45) is 0 Å². The number of anilines is 1. The molecular weight excluding hydrogens is 310 g/mol. The Hall–Kier alpha value is -1.93. The van der Waals surface area contributed by atoms with E-state index in [1.54, 1.807) is 0 Å². The van der Waals surface area contributed by atoms with Gasteiger partial charge in [-0.15, -0.1) is 10.2 Å². The molecular formula is C13H13N3O3S2. The summed E-state index contributed by atoms with van der Waals surface area (Å²) < 4.78 is 0.757. The van der Waals surface area contributed by atoms with Gasteiger partial charge in [-0.2, -0.15) is 0 Å². The SMILES string of the molecule is O=C(O)CCC(=O)Nc1nnc(SCc2ccccc2)s1. The molecule has 0 saturated heterocycles. The number of aliphatic carboxylic acids is 1. The second kappa shape index (κ2) is 7.75. The molecule has 2 N–H and O–H groups in total. The topological polar surface area (TPSA) is 92.2 Å². The van der Waals surface area contributed by atoms with Crippen molar-refractivity contribution < 1.29 is 14.7 Å². The second-order valence-corrected chi connectivity index (χ2v) is 6.29. The molecule has 0 fully saturated rings. The number of rotatable bonds is 7. The fourth-order valence-corrected chi connectivity index (χ4v) is 3.16. The first-order valence-electron chi connectivity index (χ1n) is 6.15. The maximum Gasteiger partial charge on any atom is 0.303 e. The van der Waals surface area contributed by atoms with Crippen LogP contribution < -0.4 is 5.32 Å².